The van der Waals surface area contributed by atoms with E-state index in [4.69, 9.17) is 9.47 Å². The van der Waals surface area contributed by atoms with Gasteiger partial charge in [0.15, 0.2) is 0 Å². The number of nitrogens with zero attached hydrogens (tertiary/aromatic N) is 1. The number of carboxylic acid groups (broad SMARTS) is 1. The van der Waals surface area contributed by atoms with Gasteiger partial charge in [-0.05, 0) is 67.7 Å². The second-order valence-electron chi connectivity index (χ2n) is 8.98. The fourth-order valence-electron chi connectivity index (χ4n) is 4.58. The molecule has 0 bridgehead atoms. The number of aryl methyl sites for hydroxylation is 1. The van der Waals surface area contributed by atoms with Crippen molar-refractivity contribution in [1.29, 1.82) is 0 Å². The number of aliphatic carboxylic acids is 1. The van der Waals surface area contributed by atoms with Crippen LogP contribution in [0.4, 0.5) is 8.78 Å². The minimum Gasteiger partial charge on any atom is -0.495 e. The van der Waals surface area contributed by atoms with Gasteiger partial charge in [0.25, 0.3) is 0 Å². The first kappa shape index (κ1) is 26.2. The van der Waals surface area contributed by atoms with Crippen molar-refractivity contribution in [2.75, 3.05) is 7.11 Å². The molecule has 0 saturated carbocycles. The number of nitrogens with one attached hydrogen (secondary N) is 1. The molecule has 0 radical (unpaired) electrons. The second kappa shape index (κ2) is 11.9. The molecule has 9 heteroatoms. The lowest BCUT2D eigenvalue weighted by molar-refractivity contribution is -0.146. The minimum absolute atomic E-state index is 0.0570. The number of aromatic nitrogens is 1. The molecule has 1 saturated heterocycles. The number of methoxy groups -OCH3 is 1. The van der Waals surface area contributed by atoms with Crippen LogP contribution in [0.1, 0.15) is 36.8 Å². The van der Waals surface area contributed by atoms with Crippen molar-refractivity contribution in [2.45, 2.75) is 50.4 Å². The van der Waals surface area contributed by atoms with Gasteiger partial charge in [0.05, 0.1) is 43.5 Å². The average molecular weight is 511 g/mol. The molecule has 0 spiro atoms. The first-order valence-corrected chi connectivity index (χ1v) is 12.0. The summed E-state index contributed by atoms with van der Waals surface area (Å²) in [5, 5.41) is 13.1. The molecule has 3 atom stereocenters. The van der Waals surface area contributed by atoms with E-state index in [2.05, 4.69) is 10.3 Å². The largest absolute Gasteiger partial charge is 0.495 e. The number of hydrogen-bond donors (Lipinski definition) is 2. The molecule has 1 aliphatic heterocycles. The fraction of sp³-hybridized carbons (Fsp3) is 0.321. The van der Waals surface area contributed by atoms with Crippen LogP contribution >= 0.6 is 0 Å². The van der Waals surface area contributed by atoms with E-state index >= 15 is 0 Å². The summed E-state index contributed by atoms with van der Waals surface area (Å²) in [6.45, 7) is 0. The van der Waals surface area contributed by atoms with Gasteiger partial charge in [-0.25, -0.2) is 8.78 Å². The van der Waals surface area contributed by atoms with Gasteiger partial charge >= 0.3 is 5.97 Å². The van der Waals surface area contributed by atoms with Gasteiger partial charge in [-0.2, -0.15) is 0 Å². The first-order chi connectivity index (χ1) is 17.8. The van der Waals surface area contributed by atoms with Crippen LogP contribution in [0.5, 0.6) is 5.75 Å². The van der Waals surface area contributed by atoms with E-state index in [1.165, 1.54) is 6.08 Å². The van der Waals surface area contributed by atoms with Crippen LogP contribution in [-0.2, 0) is 20.7 Å². The first-order valence-electron chi connectivity index (χ1n) is 12.0. The Morgan fingerprint density at radius 2 is 2.05 bits per heavy atom. The van der Waals surface area contributed by atoms with Crippen molar-refractivity contribution >= 4 is 28.9 Å². The Morgan fingerprint density at radius 3 is 2.84 bits per heavy atom. The highest BCUT2D eigenvalue weighted by Crippen LogP contribution is 2.28. The number of hydrogen-bond acceptors (Lipinski definition) is 5. The third kappa shape index (κ3) is 6.89. The predicted octanol–water partition coefficient (Wildman–Crippen LogP) is 4.67. The molecule has 1 amide bonds. The summed E-state index contributed by atoms with van der Waals surface area (Å²) in [7, 11) is 1.59. The molecule has 1 aromatic heterocycles. The van der Waals surface area contributed by atoms with Gasteiger partial charge in [-0.3, -0.25) is 14.6 Å². The third-order valence-corrected chi connectivity index (χ3v) is 6.45. The Balaban J connectivity index is 1.39. The summed E-state index contributed by atoms with van der Waals surface area (Å²) in [4.78, 5) is 28.3. The highest BCUT2D eigenvalue weighted by atomic mass is 19.1. The van der Waals surface area contributed by atoms with Gasteiger partial charge in [-0.15, -0.1) is 0 Å². The topological polar surface area (TPSA) is 97.8 Å². The molecule has 4 rings (SSSR count). The summed E-state index contributed by atoms with van der Waals surface area (Å²) >= 11 is 0. The Hall–Kier alpha value is -3.85. The normalized spacial score (nSPS) is 19.7. The number of pyridine rings is 1. The Labute approximate surface area is 213 Å². The van der Waals surface area contributed by atoms with Crippen LogP contribution in [0, 0.1) is 11.6 Å². The van der Waals surface area contributed by atoms with Gasteiger partial charge in [0.1, 0.15) is 17.4 Å². The number of carbonyl (C=O) groups excluding carboxylic acids is 1. The maximum absolute atomic E-state index is 13.8. The SMILES string of the molecule is COc1cnc2cccc(CC[C@@H]3CC[C@@H](NC(=O)/C=C/c4cc(F)ccc4F)[C@@H](CC(=O)O)O3)c2c1. The number of rotatable bonds is 9. The maximum atomic E-state index is 13.8. The molecule has 2 aromatic carbocycles. The number of carboxylic acids is 1. The van der Waals surface area contributed by atoms with Crippen LogP contribution in [0.25, 0.3) is 17.0 Å². The van der Waals surface area contributed by atoms with Crippen molar-refractivity contribution in [1.82, 2.24) is 10.3 Å². The van der Waals surface area contributed by atoms with Gasteiger partial charge in [0, 0.05) is 17.0 Å². The van der Waals surface area contributed by atoms with E-state index in [0.29, 0.717) is 31.4 Å². The van der Waals surface area contributed by atoms with Crippen LogP contribution in [-0.4, -0.2) is 47.3 Å². The number of amides is 1. The van der Waals surface area contributed by atoms with E-state index in [9.17, 15) is 23.5 Å². The van der Waals surface area contributed by atoms with Crippen molar-refractivity contribution in [2.24, 2.45) is 0 Å². The summed E-state index contributed by atoms with van der Waals surface area (Å²) in [6, 6.07) is 10.3. The van der Waals surface area contributed by atoms with Gasteiger partial charge in [-0.1, -0.05) is 12.1 Å². The van der Waals surface area contributed by atoms with E-state index in [1.54, 1.807) is 13.3 Å². The molecule has 2 N–H and O–H groups in total. The molecule has 1 aliphatic rings. The zero-order valence-corrected chi connectivity index (χ0v) is 20.3. The molecule has 1 fully saturated rings. The van der Waals surface area contributed by atoms with Gasteiger partial charge < -0.3 is 19.9 Å². The third-order valence-electron chi connectivity index (χ3n) is 6.45. The van der Waals surface area contributed by atoms with Crippen molar-refractivity contribution < 1.29 is 33.0 Å². The van der Waals surface area contributed by atoms with Crippen molar-refractivity contribution in [3.8, 4) is 5.75 Å². The summed E-state index contributed by atoms with van der Waals surface area (Å²) in [5.74, 6) is -2.17. The van der Waals surface area contributed by atoms with Crippen LogP contribution in [0.15, 0.2) is 54.7 Å². The van der Waals surface area contributed by atoms with Crippen LogP contribution in [0.2, 0.25) is 0 Å². The lowest BCUT2D eigenvalue weighted by atomic mass is 9.92. The molecule has 7 nitrogen and oxygen atoms in total. The monoisotopic (exact) mass is 510 g/mol. The quantitative estimate of drug-likeness (QED) is 0.406. The Bertz CT molecular complexity index is 1310. The van der Waals surface area contributed by atoms with E-state index in [-0.39, 0.29) is 18.1 Å². The van der Waals surface area contributed by atoms with E-state index in [1.807, 2.05) is 24.3 Å². The maximum Gasteiger partial charge on any atom is 0.306 e. The number of ether oxygens (including phenoxy) is 2. The van der Waals surface area contributed by atoms with Gasteiger partial charge in [0.2, 0.25) is 5.91 Å². The zero-order valence-electron chi connectivity index (χ0n) is 20.3. The standard InChI is InChI=1S/C28H28F2N2O5/c1-36-21-14-22-17(3-2-4-24(22)31-16-21)5-8-20-9-11-25(26(37-20)15-28(34)35)32-27(33)12-6-18-13-19(29)7-10-23(18)30/h2-4,6-7,10,12-14,16,20,25-26H,5,8-9,11,15H2,1H3,(H,32,33)(H,34,35)/b12-6+/t20-,25-,26-/m1/s1. The van der Waals surface area contributed by atoms with Crippen molar-refractivity contribution in [3.05, 3.63) is 77.5 Å². The Kier molecular flexibility index (Phi) is 8.45. The lowest BCUT2D eigenvalue weighted by Crippen LogP contribution is -2.49. The molecular formula is C28H28F2N2O5. The number of carbonyl (C=O) groups is 2. The fourth-order valence-corrected chi connectivity index (χ4v) is 4.58. The number of fused-ring (bicyclic) bond motifs is 1. The lowest BCUT2D eigenvalue weighted by Gasteiger charge is -2.36. The summed E-state index contributed by atoms with van der Waals surface area (Å²) in [5.41, 5.74) is 1.89. The molecular weight excluding hydrogens is 482 g/mol. The molecule has 194 valence electrons. The summed E-state index contributed by atoms with van der Waals surface area (Å²) < 4.78 is 38.6. The van der Waals surface area contributed by atoms with E-state index < -0.39 is 35.7 Å². The molecule has 37 heavy (non-hydrogen) atoms. The second-order valence-corrected chi connectivity index (χ2v) is 8.98. The predicted molar refractivity (Wildman–Crippen MR) is 134 cm³/mol. The minimum atomic E-state index is -1.03. The van der Waals surface area contributed by atoms with E-state index in [0.717, 1.165) is 40.7 Å². The molecule has 3 aromatic rings. The van der Waals surface area contributed by atoms with Crippen LogP contribution in [0.3, 0.4) is 0 Å². The van der Waals surface area contributed by atoms with Crippen molar-refractivity contribution in [3.63, 3.8) is 0 Å². The molecule has 0 aliphatic carbocycles. The Morgan fingerprint density at radius 1 is 1.22 bits per heavy atom. The summed E-state index contributed by atoms with van der Waals surface area (Å²) in [6.07, 6.45) is 5.34. The zero-order chi connectivity index (χ0) is 26.4. The molecule has 2 heterocycles. The highest BCUT2D eigenvalue weighted by Gasteiger charge is 2.33. The smallest absolute Gasteiger partial charge is 0.306 e. The van der Waals surface area contributed by atoms with Crippen LogP contribution < -0.4 is 10.1 Å². The molecule has 0 unspecified atom stereocenters. The number of benzene rings is 2. The number of halogens is 2. The highest BCUT2D eigenvalue weighted by molar-refractivity contribution is 5.92. The average Bonchev–Trinajstić information content (AvgIpc) is 2.88.